The van der Waals surface area contributed by atoms with Crippen LogP contribution in [0.2, 0.25) is 0 Å². The van der Waals surface area contributed by atoms with Crippen LogP contribution in [0.25, 0.3) is 11.2 Å². The number of para-hydroxylation sites is 1. The molecule has 0 aliphatic heterocycles. The molecular formula is C21H25N6O6P. The Kier molecular flexibility index (Phi) is 6.56. The van der Waals surface area contributed by atoms with Crippen LogP contribution in [0.3, 0.4) is 0 Å². The number of hydrogen-bond donors (Lipinski definition) is 4. The van der Waals surface area contributed by atoms with Crippen molar-refractivity contribution in [2.75, 3.05) is 12.3 Å². The SMILES string of the molecule is C=C1C(COP(=O)(N[C@@H](C)C(=O)O)Oc2ccccc2)CCC1n1cnc2c(=O)[nH]c(N)nc21. The minimum Gasteiger partial charge on any atom is -0.480 e. The van der Waals surface area contributed by atoms with Crippen LogP contribution in [0.4, 0.5) is 5.95 Å². The summed E-state index contributed by atoms with van der Waals surface area (Å²) < 4.78 is 26.4. The van der Waals surface area contributed by atoms with E-state index in [0.717, 1.165) is 5.57 Å². The first-order chi connectivity index (χ1) is 16.2. The molecule has 1 aliphatic rings. The summed E-state index contributed by atoms with van der Waals surface area (Å²) in [6.45, 7) is 5.52. The van der Waals surface area contributed by atoms with Crippen LogP contribution in [-0.2, 0) is 13.9 Å². The van der Waals surface area contributed by atoms with E-state index in [9.17, 15) is 19.3 Å². The predicted molar refractivity (Wildman–Crippen MR) is 124 cm³/mol. The van der Waals surface area contributed by atoms with Gasteiger partial charge in [0.2, 0.25) is 5.95 Å². The van der Waals surface area contributed by atoms with Crippen LogP contribution in [0.1, 0.15) is 25.8 Å². The number of aliphatic carboxylic acids is 1. The Bertz CT molecular complexity index is 1320. The molecule has 2 aromatic heterocycles. The number of nitrogens with one attached hydrogen (secondary N) is 2. The fourth-order valence-corrected chi connectivity index (χ4v) is 5.41. The molecule has 0 amide bonds. The molecular weight excluding hydrogens is 463 g/mol. The van der Waals surface area contributed by atoms with Crippen molar-refractivity contribution in [3.63, 3.8) is 0 Å². The van der Waals surface area contributed by atoms with Crippen molar-refractivity contribution in [3.8, 4) is 5.75 Å². The van der Waals surface area contributed by atoms with Crippen molar-refractivity contribution in [2.45, 2.75) is 31.8 Å². The first-order valence-electron chi connectivity index (χ1n) is 10.6. The van der Waals surface area contributed by atoms with Gasteiger partial charge >= 0.3 is 13.7 Å². The lowest BCUT2D eigenvalue weighted by Gasteiger charge is -2.24. The van der Waals surface area contributed by atoms with Gasteiger partial charge in [-0.1, -0.05) is 24.8 Å². The third-order valence-corrected chi connectivity index (χ3v) is 7.31. The number of imidazole rings is 1. The summed E-state index contributed by atoms with van der Waals surface area (Å²) in [7, 11) is -4.03. The maximum absolute atomic E-state index is 13.4. The molecule has 3 unspecified atom stereocenters. The van der Waals surface area contributed by atoms with Gasteiger partial charge in [0.1, 0.15) is 11.8 Å². The van der Waals surface area contributed by atoms with E-state index in [-0.39, 0.29) is 35.8 Å². The Morgan fingerprint density at radius 1 is 1.41 bits per heavy atom. The zero-order valence-corrected chi connectivity index (χ0v) is 19.3. The standard InChI is InChI=1S/C21H25N6O6P/c1-12-14(8-9-16(12)27-11-23-17-18(27)24-21(22)25-19(17)28)10-32-34(31,26-13(2)20(29)30)33-15-6-4-3-5-7-15/h3-7,11,13-14,16H,1,8-10H2,2H3,(H,26,31)(H,29,30)(H3,22,24,25,28)/t13-,14?,16?,34?/m0/s1. The topological polar surface area (TPSA) is 174 Å². The van der Waals surface area contributed by atoms with E-state index in [2.05, 4.69) is 26.6 Å². The lowest BCUT2D eigenvalue weighted by atomic mass is 10.0. The monoisotopic (exact) mass is 488 g/mol. The van der Waals surface area contributed by atoms with Gasteiger partial charge in [0, 0.05) is 5.92 Å². The molecule has 34 heavy (non-hydrogen) atoms. The summed E-state index contributed by atoms with van der Waals surface area (Å²) in [5.41, 5.74) is 6.56. The smallest absolute Gasteiger partial charge is 0.459 e. The molecule has 0 radical (unpaired) electrons. The molecule has 1 aliphatic carbocycles. The molecule has 12 nitrogen and oxygen atoms in total. The number of carbonyl (C=O) groups is 1. The Hall–Kier alpha value is -3.47. The summed E-state index contributed by atoms with van der Waals surface area (Å²) in [5.74, 6) is -1.13. The number of anilines is 1. The molecule has 4 rings (SSSR count). The second-order valence-corrected chi connectivity index (χ2v) is 9.72. The molecule has 1 fully saturated rings. The fraction of sp³-hybridized carbons (Fsp3) is 0.333. The number of benzene rings is 1. The zero-order chi connectivity index (χ0) is 24.5. The first-order valence-corrected chi connectivity index (χ1v) is 12.1. The molecule has 0 bridgehead atoms. The van der Waals surface area contributed by atoms with E-state index < -0.39 is 25.3 Å². The average molecular weight is 488 g/mol. The summed E-state index contributed by atoms with van der Waals surface area (Å²) >= 11 is 0. The van der Waals surface area contributed by atoms with Gasteiger partial charge < -0.3 is 19.9 Å². The first kappa shape index (κ1) is 23.7. The van der Waals surface area contributed by atoms with Crippen LogP contribution in [0.15, 0.2) is 53.6 Å². The zero-order valence-electron chi connectivity index (χ0n) is 18.4. The van der Waals surface area contributed by atoms with Gasteiger partial charge in [-0.25, -0.2) is 9.55 Å². The minimum atomic E-state index is -4.03. The van der Waals surface area contributed by atoms with Gasteiger partial charge in [0.25, 0.3) is 5.56 Å². The van der Waals surface area contributed by atoms with Crippen molar-refractivity contribution in [1.29, 1.82) is 0 Å². The summed E-state index contributed by atoms with van der Waals surface area (Å²) in [5, 5.41) is 11.7. The summed E-state index contributed by atoms with van der Waals surface area (Å²) in [4.78, 5) is 34.2. The largest absolute Gasteiger partial charge is 0.480 e. The number of carboxylic acids is 1. The normalized spacial score (nSPS) is 20.8. The predicted octanol–water partition coefficient (Wildman–Crippen LogP) is 2.48. The molecule has 1 aromatic carbocycles. The molecule has 2 heterocycles. The van der Waals surface area contributed by atoms with Crippen molar-refractivity contribution in [2.24, 2.45) is 5.92 Å². The molecule has 13 heteroatoms. The number of aromatic nitrogens is 4. The van der Waals surface area contributed by atoms with E-state index in [4.69, 9.17) is 14.8 Å². The number of H-pyrrole nitrogens is 1. The Morgan fingerprint density at radius 2 is 2.15 bits per heavy atom. The number of fused-ring (bicyclic) bond motifs is 1. The number of carboxylic acid groups (broad SMARTS) is 1. The quantitative estimate of drug-likeness (QED) is 0.259. The van der Waals surface area contributed by atoms with Gasteiger partial charge in [0.15, 0.2) is 11.2 Å². The van der Waals surface area contributed by atoms with Crippen LogP contribution in [-0.4, -0.2) is 43.2 Å². The molecule has 180 valence electrons. The van der Waals surface area contributed by atoms with Crippen molar-refractivity contribution in [1.82, 2.24) is 24.6 Å². The maximum Gasteiger partial charge on any atom is 0.459 e. The molecule has 4 atom stereocenters. The average Bonchev–Trinajstić information content (AvgIpc) is 3.36. The number of rotatable bonds is 9. The Labute approximate surface area is 194 Å². The highest BCUT2D eigenvalue weighted by Crippen LogP contribution is 2.48. The fourth-order valence-electron chi connectivity index (χ4n) is 3.87. The number of hydrogen-bond acceptors (Lipinski definition) is 8. The van der Waals surface area contributed by atoms with E-state index in [1.54, 1.807) is 34.9 Å². The van der Waals surface area contributed by atoms with Crippen LogP contribution < -0.4 is 20.9 Å². The number of nitrogen functional groups attached to an aromatic ring is 1. The van der Waals surface area contributed by atoms with Gasteiger partial charge in [-0.2, -0.15) is 10.1 Å². The van der Waals surface area contributed by atoms with Gasteiger partial charge in [-0.3, -0.25) is 19.1 Å². The third kappa shape index (κ3) is 4.89. The Balaban J connectivity index is 1.50. The summed E-state index contributed by atoms with van der Waals surface area (Å²) in [6.07, 6.45) is 2.84. The van der Waals surface area contributed by atoms with Crippen molar-refractivity contribution < 1.29 is 23.5 Å². The minimum absolute atomic E-state index is 0.0123. The maximum atomic E-state index is 13.4. The van der Waals surface area contributed by atoms with Crippen LogP contribution in [0.5, 0.6) is 5.75 Å². The van der Waals surface area contributed by atoms with E-state index >= 15 is 0 Å². The van der Waals surface area contributed by atoms with Gasteiger partial charge in [0.05, 0.1) is 19.0 Å². The van der Waals surface area contributed by atoms with E-state index in [0.29, 0.717) is 18.5 Å². The second kappa shape index (κ2) is 9.41. The lowest BCUT2D eigenvalue weighted by Crippen LogP contribution is -2.33. The number of aromatic amines is 1. The highest BCUT2D eigenvalue weighted by molar-refractivity contribution is 7.52. The van der Waals surface area contributed by atoms with E-state index in [1.165, 1.54) is 13.3 Å². The molecule has 0 spiro atoms. The van der Waals surface area contributed by atoms with Crippen molar-refractivity contribution >= 4 is 30.8 Å². The highest BCUT2D eigenvalue weighted by Gasteiger charge is 2.36. The van der Waals surface area contributed by atoms with Gasteiger partial charge in [-0.05, 0) is 37.5 Å². The molecule has 5 N–H and O–H groups in total. The highest BCUT2D eigenvalue weighted by atomic mass is 31.2. The summed E-state index contributed by atoms with van der Waals surface area (Å²) in [6, 6.07) is 6.98. The van der Waals surface area contributed by atoms with Crippen LogP contribution in [0, 0.1) is 5.92 Å². The van der Waals surface area contributed by atoms with Crippen LogP contribution >= 0.6 is 7.75 Å². The Morgan fingerprint density at radius 3 is 2.85 bits per heavy atom. The van der Waals surface area contributed by atoms with Gasteiger partial charge in [-0.15, -0.1) is 0 Å². The molecule has 1 saturated carbocycles. The number of nitrogens with zero attached hydrogens (tertiary/aromatic N) is 3. The molecule has 0 saturated heterocycles. The number of nitrogens with two attached hydrogens (primary N) is 1. The third-order valence-electron chi connectivity index (χ3n) is 5.66. The molecule has 3 aromatic rings. The van der Waals surface area contributed by atoms with E-state index in [1.807, 2.05) is 0 Å². The lowest BCUT2D eigenvalue weighted by molar-refractivity contribution is -0.138. The van der Waals surface area contributed by atoms with Crippen molar-refractivity contribution in [3.05, 3.63) is 59.2 Å². The second-order valence-electron chi connectivity index (χ2n) is 8.03.